The molecule has 21 heavy (non-hydrogen) atoms. The summed E-state index contributed by atoms with van der Waals surface area (Å²) in [5, 5.41) is 3.86. The third kappa shape index (κ3) is 3.20. The van der Waals surface area contributed by atoms with Crippen molar-refractivity contribution in [2.45, 2.75) is 18.9 Å². The Morgan fingerprint density at radius 1 is 1.33 bits per heavy atom. The van der Waals surface area contributed by atoms with Crippen LogP contribution in [-0.4, -0.2) is 30.1 Å². The van der Waals surface area contributed by atoms with Crippen LogP contribution in [0.15, 0.2) is 36.5 Å². The lowest BCUT2D eigenvalue weighted by atomic mass is 9.92. The molecule has 0 radical (unpaired) electrons. The van der Waals surface area contributed by atoms with E-state index in [4.69, 9.17) is 10.5 Å². The zero-order chi connectivity index (χ0) is 14.7. The van der Waals surface area contributed by atoms with Crippen LogP contribution < -0.4 is 11.1 Å². The van der Waals surface area contributed by atoms with E-state index >= 15 is 0 Å². The molecular formula is C16H19N3O2. The number of anilines is 1. The second-order valence-corrected chi connectivity index (χ2v) is 5.38. The summed E-state index contributed by atoms with van der Waals surface area (Å²) in [6.45, 7) is 1.37. The molecule has 5 nitrogen and oxygen atoms in total. The van der Waals surface area contributed by atoms with Gasteiger partial charge in [0, 0.05) is 18.6 Å². The monoisotopic (exact) mass is 285 g/mol. The number of benzene rings is 1. The fraction of sp³-hybridized carbons (Fsp3) is 0.375. The number of para-hydroxylation sites is 1. The first-order valence-electron chi connectivity index (χ1n) is 7.23. The van der Waals surface area contributed by atoms with E-state index in [-0.39, 0.29) is 11.8 Å². The number of fused-ring (bicyclic) bond motifs is 1. The molecule has 2 aromatic rings. The number of hydrogen-bond acceptors (Lipinski definition) is 4. The first-order chi connectivity index (χ1) is 10.2. The molecule has 110 valence electrons. The number of carbonyl (C=O) groups excluding carboxylic acids is 1. The third-order valence-electron chi connectivity index (χ3n) is 3.93. The number of nitrogens with zero attached hydrogens (tertiary/aromatic N) is 1. The zero-order valence-electron chi connectivity index (χ0n) is 11.8. The molecule has 1 aliphatic heterocycles. The standard InChI is InChI=1S/C16H19N3O2/c17-15(11-5-7-21-8-6-11)16(20)19-13-9-12-3-1-2-4-14(12)18-10-13/h1-4,9-11,15H,5-8,17H2,(H,19,20). The Labute approximate surface area is 123 Å². The van der Waals surface area contributed by atoms with Crippen LogP contribution in [0.2, 0.25) is 0 Å². The van der Waals surface area contributed by atoms with Crippen molar-refractivity contribution >= 4 is 22.5 Å². The van der Waals surface area contributed by atoms with E-state index in [1.165, 1.54) is 0 Å². The van der Waals surface area contributed by atoms with Gasteiger partial charge in [-0.15, -0.1) is 0 Å². The van der Waals surface area contributed by atoms with Crippen molar-refractivity contribution < 1.29 is 9.53 Å². The van der Waals surface area contributed by atoms with Gasteiger partial charge in [0.25, 0.3) is 0 Å². The second-order valence-electron chi connectivity index (χ2n) is 5.38. The Morgan fingerprint density at radius 2 is 2.10 bits per heavy atom. The van der Waals surface area contributed by atoms with Gasteiger partial charge in [0.15, 0.2) is 0 Å². The average molecular weight is 285 g/mol. The minimum atomic E-state index is -0.500. The molecule has 1 aromatic carbocycles. The molecule has 0 spiro atoms. The number of pyridine rings is 1. The number of ether oxygens (including phenoxy) is 1. The smallest absolute Gasteiger partial charge is 0.241 e. The van der Waals surface area contributed by atoms with Gasteiger partial charge in [0.2, 0.25) is 5.91 Å². The van der Waals surface area contributed by atoms with Gasteiger partial charge in [-0.1, -0.05) is 18.2 Å². The third-order valence-corrected chi connectivity index (χ3v) is 3.93. The maximum atomic E-state index is 12.2. The molecule has 2 heterocycles. The van der Waals surface area contributed by atoms with Crippen molar-refractivity contribution in [1.29, 1.82) is 0 Å². The molecule has 5 heteroatoms. The topological polar surface area (TPSA) is 77.2 Å². The Bertz CT molecular complexity index is 638. The summed E-state index contributed by atoms with van der Waals surface area (Å²) >= 11 is 0. The number of carbonyl (C=O) groups is 1. The number of hydrogen-bond donors (Lipinski definition) is 2. The SMILES string of the molecule is NC(C(=O)Nc1cnc2ccccc2c1)C1CCOCC1. The van der Waals surface area contributed by atoms with Gasteiger partial charge in [-0.3, -0.25) is 9.78 Å². The van der Waals surface area contributed by atoms with E-state index in [0.29, 0.717) is 18.9 Å². The van der Waals surface area contributed by atoms with E-state index in [2.05, 4.69) is 10.3 Å². The Morgan fingerprint density at radius 3 is 2.90 bits per heavy atom. The lowest BCUT2D eigenvalue weighted by Gasteiger charge is -2.26. The van der Waals surface area contributed by atoms with Crippen LogP contribution in [0.1, 0.15) is 12.8 Å². The molecular weight excluding hydrogens is 266 g/mol. The van der Waals surface area contributed by atoms with Crippen LogP contribution in [0.3, 0.4) is 0 Å². The highest BCUT2D eigenvalue weighted by molar-refractivity contribution is 5.96. The van der Waals surface area contributed by atoms with E-state index < -0.39 is 6.04 Å². The predicted molar refractivity (Wildman–Crippen MR) is 81.9 cm³/mol. The van der Waals surface area contributed by atoms with Crippen molar-refractivity contribution in [2.75, 3.05) is 18.5 Å². The van der Waals surface area contributed by atoms with Crippen LogP contribution in [0.25, 0.3) is 10.9 Å². The summed E-state index contributed by atoms with van der Waals surface area (Å²) in [4.78, 5) is 16.6. The minimum Gasteiger partial charge on any atom is -0.381 e. The summed E-state index contributed by atoms with van der Waals surface area (Å²) in [7, 11) is 0. The highest BCUT2D eigenvalue weighted by Gasteiger charge is 2.26. The normalized spacial score (nSPS) is 17.6. The van der Waals surface area contributed by atoms with Crippen LogP contribution in [-0.2, 0) is 9.53 Å². The highest BCUT2D eigenvalue weighted by Crippen LogP contribution is 2.20. The second kappa shape index (κ2) is 6.20. The lowest BCUT2D eigenvalue weighted by Crippen LogP contribution is -2.44. The Balaban J connectivity index is 1.70. The van der Waals surface area contributed by atoms with Crippen LogP contribution >= 0.6 is 0 Å². The van der Waals surface area contributed by atoms with Crippen LogP contribution in [0.4, 0.5) is 5.69 Å². The molecule has 1 aromatic heterocycles. The van der Waals surface area contributed by atoms with Crippen LogP contribution in [0, 0.1) is 5.92 Å². The lowest BCUT2D eigenvalue weighted by molar-refractivity contribution is -0.119. The van der Waals surface area contributed by atoms with E-state index in [0.717, 1.165) is 23.7 Å². The molecule has 0 aliphatic carbocycles. The van der Waals surface area contributed by atoms with Crippen LogP contribution in [0.5, 0.6) is 0 Å². The number of amides is 1. The van der Waals surface area contributed by atoms with Crippen molar-refractivity contribution in [3.63, 3.8) is 0 Å². The quantitative estimate of drug-likeness (QED) is 0.903. The highest BCUT2D eigenvalue weighted by atomic mass is 16.5. The molecule has 1 unspecified atom stereocenters. The van der Waals surface area contributed by atoms with Gasteiger partial charge in [-0.25, -0.2) is 0 Å². The van der Waals surface area contributed by atoms with Gasteiger partial charge in [-0.2, -0.15) is 0 Å². The molecule has 3 N–H and O–H groups in total. The number of nitrogens with one attached hydrogen (secondary N) is 1. The number of nitrogens with two attached hydrogens (primary N) is 1. The zero-order valence-corrected chi connectivity index (χ0v) is 11.8. The Hall–Kier alpha value is -1.98. The number of rotatable bonds is 3. The molecule has 0 bridgehead atoms. The molecule has 1 fully saturated rings. The first-order valence-corrected chi connectivity index (χ1v) is 7.23. The molecule has 1 saturated heterocycles. The molecule has 1 amide bonds. The maximum absolute atomic E-state index is 12.2. The van der Waals surface area contributed by atoms with Gasteiger partial charge in [0.05, 0.1) is 23.4 Å². The summed E-state index contributed by atoms with van der Waals surface area (Å²) in [6.07, 6.45) is 3.34. The van der Waals surface area contributed by atoms with E-state index in [9.17, 15) is 4.79 Å². The summed E-state index contributed by atoms with van der Waals surface area (Å²) in [5.74, 6) is 0.0335. The predicted octanol–water partition coefficient (Wildman–Crippen LogP) is 1.93. The number of aromatic nitrogens is 1. The van der Waals surface area contributed by atoms with Crippen molar-refractivity contribution in [2.24, 2.45) is 11.7 Å². The van der Waals surface area contributed by atoms with Gasteiger partial charge in [-0.05, 0) is 30.9 Å². The van der Waals surface area contributed by atoms with Gasteiger partial charge < -0.3 is 15.8 Å². The van der Waals surface area contributed by atoms with Gasteiger partial charge in [0.1, 0.15) is 0 Å². The van der Waals surface area contributed by atoms with Crippen molar-refractivity contribution in [1.82, 2.24) is 4.98 Å². The summed E-state index contributed by atoms with van der Waals surface area (Å²) < 4.78 is 5.30. The molecule has 0 saturated carbocycles. The molecule has 3 rings (SSSR count). The molecule has 1 atom stereocenters. The van der Waals surface area contributed by atoms with Crippen molar-refractivity contribution in [3.8, 4) is 0 Å². The minimum absolute atomic E-state index is 0.154. The summed E-state index contributed by atoms with van der Waals surface area (Å²) in [6, 6.07) is 9.21. The van der Waals surface area contributed by atoms with Gasteiger partial charge >= 0.3 is 0 Å². The van der Waals surface area contributed by atoms with E-state index in [1.54, 1.807) is 6.20 Å². The first kappa shape index (κ1) is 14.0. The maximum Gasteiger partial charge on any atom is 0.241 e. The fourth-order valence-electron chi connectivity index (χ4n) is 2.65. The summed E-state index contributed by atoms with van der Waals surface area (Å²) in [5.41, 5.74) is 7.65. The largest absolute Gasteiger partial charge is 0.381 e. The van der Waals surface area contributed by atoms with E-state index in [1.807, 2.05) is 30.3 Å². The Kier molecular flexibility index (Phi) is 4.13. The molecule has 1 aliphatic rings. The fourth-order valence-corrected chi connectivity index (χ4v) is 2.65. The average Bonchev–Trinajstić information content (AvgIpc) is 2.55. The van der Waals surface area contributed by atoms with Crippen molar-refractivity contribution in [3.05, 3.63) is 36.5 Å².